The molecule has 0 spiro atoms. The van der Waals surface area contributed by atoms with Gasteiger partial charge in [0.15, 0.2) is 0 Å². The van der Waals surface area contributed by atoms with E-state index in [-0.39, 0.29) is 0 Å². The minimum Gasteiger partial charge on any atom is -0.493 e. The Hall–Kier alpha value is -1.02. The molecule has 3 atom stereocenters. The van der Waals surface area contributed by atoms with E-state index in [1.165, 1.54) is 24.8 Å². The molecule has 0 radical (unpaired) electrons. The van der Waals surface area contributed by atoms with Crippen LogP contribution in [0.3, 0.4) is 0 Å². The third-order valence-electron chi connectivity index (χ3n) is 4.34. The molecule has 3 unspecified atom stereocenters. The molecule has 2 heteroatoms. The predicted molar refractivity (Wildman–Crippen MR) is 80.5 cm³/mol. The molecule has 1 aromatic rings. The minimum absolute atomic E-state index is 0.571. The average Bonchev–Trinajstić information content (AvgIpc) is 2.45. The summed E-state index contributed by atoms with van der Waals surface area (Å²) in [4.78, 5) is 0. The van der Waals surface area contributed by atoms with Crippen molar-refractivity contribution < 1.29 is 4.74 Å². The Labute approximate surface area is 117 Å². The Balaban J connectivity index is 2.22. The van der Waals surface area contributed by atoms with E-state index in [2.05, 4.69) is 38.1 Å². The van der Waals surface area contributed by atoms with Crippen LogP contribution in [0, 0.1) is 11.8 Å². The number of ether oxygens (including phenoxy) is 1. The number of benzene rings is 1. The third-order valence-corrected chi connectivity index (χ3v) is 4.34. The lowest BCUT2D eigenvalue weighted by atomic mass is 9.71. The van der Waals surface area contributed by atoms with Crippen molar-refractivity contribution in [2.24, 2.45) is 17.6 Å². The van der Waals surface area contributed by atoms with Crippen molar-refractivity contribution in [3.63, 3.8) is 0 Å². The van der Waals surface area contributed by atoms with E-state index in [4.69, 9.17) is 10.5 Å². The van der Waals surface area contributed by atoms with Gasteiger partial charge in [-0.05, 0) is 55.2 Å². The molecule has 106 valence electrons. The molecule has 2 rings (SSSR count). The molecular weight excluding hydrogens is 234 g/mol. The molecule has 0 bridgehead atoms. The second kappa shape index (κ2) is 6.95. The maximum absolute atomic E-state index is 5.99. The first-order chi connectivity index (χ1) is 9.26. The van der Waals surface area contributed by atoms with E-state index < -0.39 is 0 Å². The summed E-state index contributed by atoms with van der Waals surface area (Å²) in [6.45, 7) is 6.09. The van der Waals surface area contributed by atoms with E-state index >= 15 is 0 Å². The van der Waals surface area contributed by atoms with E-state index in [1.807, 2.05) is 0 Å². The molecule has 0 saturated heterocycles. The highest BCUT2D eigenvalue weighted by molar-refractivity contribution is 5.37. The van der Waals surface area contributed by atoms with Crippen LogP contribution in [0.25, 0.3) is 0 Å². The van der Waals surface area contributed by atoms with Gasteiger partial charge in [-0.1, -0.05) is 38.5 Å². The van der Waals surface area contributed by atoms with Gasteiger partial charge < -0.3 is 10.5 Å². The van der Waals surface area contributed by atoms with Crippen molar-refractivity contribution in [2.75, 3.05) is 13.2 Å². The Kier molecular flexibility index (Phi) is 5.26. The molecule has 2 nitrogen and oxygen atoms in total. The van der Waals surface area contributed by atoms with Gasteiger partial charge >= 0.3 is 0 Å². The lowest BCUT2D eigenvalue weighted by Gasteiger charge is -2.35. The smallest absolute Gasteiger partial charge is 0.122 e. The molecule has 1 aromatic carbocycles. The van der Waals surface area contributed by atoms with Gasteiger partial charge in [-0.3, -0.25) is 0 Å². The normalized spacial score (nSPS) is 27.2. The van der Waals surface area contributed by atoms with Crippen molar-refractivity contribution in [3.8, 4) is 5.75 Å². The van der Waals surface area contributed by atoms with Crippen LogP contribution in [0.4, 0.5) is 0 Å². The van der Waals surface area contributed by atoms with Crippen LogP contribution in [0.15, 0.2) is 24.3 Å². The van der Waals surface area contributed by atoms with E-state index in [0.29, 0.717) is 11.8 Å². The van der Waals surface area contributed by atoms with Crippen LogP contribution < -0.4 is 10.5 Å². The summed E-state index contributed by atoms with van der Waals surface area (Å²) in [5, 5.41) is 0. The van der Waals surface area contributed by atoms with Gasteiger partial charge in [-0.25, -0.2) is 0 Å². The molecule has 0 amide bonds. The fraction of sp³-hybridized carbons (Fsp3) is 0.647. The molecular formula is C17H27NO. The highest BCUT2D eigenvalue weighted by atomic mass is 16.5. The summed E-state index contributed by atoms with van der Waals surface area (Å²) >= 11 is 0. The number of para-hydroxylation sites is 1. The molecule has 19 heavy (non-hydrogen) atoms. The lowest BCUT2D eigenvalue weighted by Crippen LogP contribution is -2.28. The summed E-state index contributed by atoms with van der Waals surface area (Å²) in [5.74, 6) is 3.05. The van der Waals surface area contributed by atoms with Crippen LogP contribution in [0.2, 0.25) is 0 Å². The van der Waals surface area contributed by atoms with Crippen LogP contribution in [-0.2, 0) is 0 Å². The van der Waals surface area contributed by atoms with Crippen molar-refractivity contribution in [2.45, 2.75) is 45.4 Å². The number of nitrogens with two attached hydrogens (primary N) is 1. The third kappa shape index (κ3) is 3.50. The zero-order valence-corrected chi connectivity index (χ0v) is 12.3. The predicted octanol–water partition coefficient (Wildman–Crippen LogP) is 3.95. The highest BCUT2D eigenvalue weighted by Gasteiger charge is 2.30. The summed E-state index contributed by atoms with van der Waals surface area (Å²) < 4.78 is 5.93. The molecule has 1 aliphatic rings. The van der Waals surface area contributed by atoms with Crippen molar-refractivity contribution in [1.29, 1.82) is 0 Å². The average molecular weight is 261 g/mol. The van der Waals surface area contributed by atoms with Crippen molar-refractivity contribution in [3.05, 3.63) is 29.8 Å². The van der Waals surface area contributed by atoms with Gasteiger partial charge in [0.1, 0.15) is 5.75 Å². The lowest BCUT2D eigenvalue weighted by molar-refractivity contribution is 0.243. The first-order valence-electron chi connectivity index (χ1n) is 7.68. The molecule has 1 saturated carbocycles. The van der Waals surface area contributed by atoms with Gasteiger partial charge in [0, 0.05) is 0 Å². The SMILES string of the molecule is CCCOc1ccccc1C1CC(C)CCC1CN. The molecule has 0 aliphatic heterocycles. The number of hydrogen-bond donors (Lipinski definition) is 1. The van der Waals surface area contributed by atoms with Crippen LogP contribution in [0.1, 0.15) is 51.0 Å². The maximum Gasteiger partial charge on any atom is 0.122 e. The first-order valence-corrected chi connectivity index (χ1v) is 7.68. The largest absolute Gasteiger partial charge is 0.493 e. The fourth-order valence-corrected chi connectivity index (χ4v) is 3.24. The first kappa shape index (κ1) is 14.4. The minimum atomic E-state index is 0.571. The van der Waals surface area contributed by atoms with Crippen LogP contribution in [-0.4, -0.2) is 13.2 Å². The molecule has 1 aliphatic carbocycles. The summed E-state index contributed by atoms with van der Waals surface area (Å²) in [5.41, 5.74) is 7.36. The maximum atomic E-state index is 5.99. The molecule has 0 heterocycles. The van der Waals surface area contributed by atoms with Gasteiger partial charge in [0.05, 0.1) is 6.61 Å². The zero-order valence-electron chi connectivity index (χ0n) is 12.3. The summed E-state index contributed by atoms with van der Waals surface area (Å²) in [7, 11) is 0. The van der Waals surface area contributed by atoms with Gasteiger partial charge in [0.25, 0.3) is 0 Å². The topological polar surface area (TPSA) is 35.2 Å². The van der Waals surface area contributed by atoms with E-state index in [0.717, 1.165) is 31.2 Å². The Morgan fingerprint density at radius 3 is 2.79 bits per heavy atom. The van der Waals surface area contributed by atoms with E-state index in [1.54, 1.807) is 0 Å². The zero-order chi connectivity index (χ0) is 13.7. The second-order valence-electron chi connectivity index (χ2n) is 5.91. The van der Waals surface area contributed by atoms with Gasteiger partial charge in [-0.15, -0.1) is 0 Å². The molecule has 1 fully saturated rings. The van der Waals surface area contributed by atoms with Gasteiger partial charge in [0.2, 0.25) is 0 Å². The summed E-state index contributed by atoms with van der Waals surface area (Å²) in [6.07, 6.45) is 4.87. The summed E-state index contributed by atoms with van der Waals surface area (Å²) in [6, 6.07) is 8.54. The number of rotatable bonds is 5. The fourth-order valence-electron chi connectivity index (χ4n) is 3.24. The Morgan fingerprint density at radius 1 is 1.26 bits per heavy atom. The molecule has 2 N–H and O–H groups in total. The standard InChI is InChI=1S/C17H27NO/c1-3-10-19-17-7-5-4-6-15(17)16-11-13(2)8-9-14(16)12-18/h4-7,13-14,16H,3,8-12,18H2,1-2H3. The Bertz CT molecular complexity index is 391. The van der Waals surface area contributed by atoms with Gasteiger partial charge in [-0.2, -0.15) is 0 Å². The highest BCUT2D eigenvalue weighted by Crippen LogP contribution is 2.43. The van der Waals surface area contributed by atoms with Crippen LogP contribution in [0.5, 0.6) is 5.75 Å². The Morgan fingerprint density at radius 2 is 2.05 bits per heavy atom. The quantitative estimate of drug-likeness (QED) is 0.871. The number of hydrogen-bond acceptors (Lipinski definition) is 2. The monoisotopic (exact) mass is 261 g/mol. The van der Waals surface area contributed by atoms with Crippen molar-refractivity contribution >= 4 is 0 Å². The second-order valence-corrected chi connectivity index (χ2v) is 5.91. The molecule has 0 aromatic heterocycles. The van der Waals surface area contributed by atoms with Crippen LogP contribution >= 0.6 is 0 Å². The van der Waals surface area contributed by atoms with Crippen molar-refractivity contribution in [1.82, 2.24) is 0 Å². The van der Waals surface area contributed by atoms with E-state index in [9.17, 15) is 0 Å².